The lowest BCUT2D eigenvalue weighted by atomic mass is 9.34. The number of aromatic nitrogens is 2. The number of nitrogens with zero attached hydrogens (tertiary/aromatic N) is 3. The van der Waals surface area contributed by atoms with Gasteiger partial charge in [-0.15, -0.1) is 0 Å². The summed E-state index contributed by atoms with van der Waals surface area (Å²) in [6, 6.07) is 2.21. The summed E-state index contributed by atoms with van der Waals surface area (Å²) in [5, 5.41) is 14.1. The topological polar surface area (TPSA) is 96.9 Å². The van der Waals surface area contributed by atoms with Crippen molar-refractivity contribution in [3.8, 4) is 6.07 Å². The summed E-state index contributed by atoms with van der Waals surface area (Å²) >= 11 is 0. The molecule has 0 aliphatic heterocycles. The molecule has 6 nitrogen and oxygen atoms in total. The maximum Gasteiger partial charge on any atom is 0.233 e. The molecule has 0 N–H and O–H groups in total. The Bertz CT molecular complexity index is 1420. The Morgan fingerprint density at radius 2 is 1.69 bits per heavy atom. The van der Waals surface area contributed by atoms with Gasteiger partial charge in [-0.1, -0.05) is 51.4 Å². The summed E-state index contributed by atoms with van der Waals surface area (Å²) < 4.78 is 5.92. The Morgan fingerprint density at radius 1 is 1.00 bits per heavy atom. The maximum absolute atomic E-state index is 14.6. The molecule has 0 saturated heterocycles. The highest BCUT2D eigenvalue weighted by Crippen LogP contribution is 2.76. The van der Waals surface area contributed by atoms with Crippen LogP contribution in [0, 0.1) is 63.1 Å². The predicted octanol–water partition coefficient (Wildman–Crippen LogP) is 6.60. The van der Waals surface area contributed by atoms with Gasteiger partial charge in [0.25, 0.3) is 0 Å². The molecule has 6 heteroatoms. The van der Waals surface area contributed by atoms with Crippen molar-refractivity contribution >= 4 is 11.6 Å². The van der Waals surface area contributed by atoms with Gasteiger partial charge in [-0.3, -0.25) is 9.59 Å². The normalized spacial score (nSPS) is 45.2. The van der Waals surface area contributed by atoms with Crippen LogP contribution in [0.5, 0.6) is 0 Å². The van der Waals surface area contributed by atoms with Crippen LogP contribution >= 0.6 is 0 Å². The lowest BCUT2D eigenvalue weighted by Crippen LogP contribution is -2.65. The number of Topliss-reactive ketones (excluding diaryl/α,β-unsaturated/α-hetero) is 1. The van der Waals surface area contributed by atoms with Crippen LogP contribution in [-0.4, -0.2) is 21.7 Å². The molecule has 0 radical (unpaired) electrons. The second-order valence-corrected chi connectivity index (χ2v) is 15.4. The van der Waals surface area contributed by atoms with Gasteiger partial charge in [-0.05, 0) is 98.9 Å². The van der Waals surface area contributed by atoms with Crippen molar-refractivity contribution in [1.29, 1.82) is 5.26 Å². The minimum atomic E-state index is -0.642. The summed E-state index contributed by atoms with van der Waals surface area (Å²) in [6.45, 7) is 12.9. The Labute approximate surface area is 231 Å². The number of nitriles is 1. The van der Waals surface area contributed by atoms with Crippen molar-refractivity contribution in [2.45, 2.75) is 105 Å². The van der Waals surface area contributed by atoms with E-state index in [1.54, 1.807) is 0 Å². The second kappa shape index (κ2) is 7.39. The molecular formula is C33H41N3O3. The Balaban J connectivity index is 1.40. The van der Waals surface area contributed by atoms with Gasteiger partial charge >= 0.3 is 0 Å². The molecule has 1 aromatic heterocycles. The van der Waals surface area contributed by atoms with Gasteiger partial charge in [0, 0.05) is 16.7 Å². The molecule has 1 aromatic rings. The number of carbonyl (C=O) groups excluding carboxylic acids is 2. The van der Waals surface area contributed by atoms with Crippen molar-refractivity contribution in [3.63, 3.8) is 0 Å². The van der Waals surface area contributed by atoms with Gasteiger partial charge in [-0.2, -0.15) is 10.2 Å². The number of ketones is 2. The lowest BCUT2D eigenvalue weighted by Gasteiger charge is -2.68. The summed E-state index contributed by atoms with van der Waals surface area (Å²) in [5.41, 5.74) is 0.000416. The summed E-state index contributed by atoms with van der Waals surface area (Å²) in [5.74, 6) is 1.75. The van der Waals surface area contributed by atoms with Gasteiger partial charge < -0.3 is 4.52 Å². The van der Waals surface area contributed by atoms with Crippen LogP contribution in [0.15, 0.2) is 27.8 Å². The molecule has 1 spiro atoms. The van der Waals surface area contributed by atoms with Gasteiger partial charge in [-0.25, -0.2) is 0 Å². The molecule has 4 fully saturated rings. The number of hydrogen-bond donors (Lipinski definition) is 0. The molecule has 7 atom stereocenters. The molecule has 206 valence electrons. The number of rotatable bonds is 1. The Morgan fingerprint density at radius 3 is 2.33 bits per heavy atom. The van der Waals surface area contributed by atoms with Crippen LogP contribution in [0.25, 0.3) is 0 Å². The average Bonchev–Trinajstić information content (AvgIpc) is 3.49. The van der Waals surface area contributed by atoms with E-state index in [9.17, 15) is 14.9 Å². The zero-order valence-electron chi connectivity index (χ0n) is 24.3. The van der Waals surface area contributed by atoms with Crippen LogP contribution in [0.3, 0.4) is 0 Å². The van der Waals surface area contributed by atoms with E-state index in [2.05, 4.69) is 32.0 Å². The maximum atomic E-state index is 14.6. The van der Waals surface area contributed by atoms with E-state index < -0.39 is 10.8 Å². The molecule has 39 heavy (non-hydrogen) atoms. The Hall–Kier alpha value is -2.55. The third-order valence-corrected chi connectivity index (χ3v) is 13.5. The third-order valence-electron chi connectivity index (χ3n) is 13.5. The fourth-order valence-electron chi connectivity index (χ4n) is 10.9. The minimum Gasteiger partial charge on any atom is -0.339 e. The van der Waals surface area contributed by atoms with Crippen molar-refractivity contribution in [2.24, 2.45) is 44.8 Å². The fraction of sp³-hybridized carbons (Fsp3) is 0.727. The van der Waals surface area contributed by atoms with Crippen molar-refractivity contribution in [3.05, 3.63) is 35.0 Å². The van der Waals surface area contributed by atoms with Gasteiger partial charge in [0.2, 0.25) is 5.89 Å². The highest BCUT2D eigenvalue weighted by molar-refractivity contribution is 6.04. The monoisotopic (exact) mass is 527 g/mol. The van der Waals surface area contributed by atoms with E-state index >= 15 is 0 Å². The quantitative estimate of drug-likeness (QED) is 0.408. The van der Waals surface area contributed by atoms with E-state index in [4.69, 9.17) is 9.51 Å². The van der Waals surface area contributed by atoms with E-state index in [0.717, 1.165) is 50.0 Å². The van der Waals surface area contributed by atoms with E-state index in [1.807, 2.05) is 32.9 Å². The van der Waals surface area contributed by atoms with Gasteiger partial charge in [0.05, 0.1) is 11.0 Å². The SMILES string of the molecule is Cc1noc([C@]23CCC4(CC4)C[C@H]2[C@H]2C(=O)C=C4[C@@]5(C)C=C(C#N)C(=O)C(C)(C)[C@@H]5CC[C@@]4(C)[C@]2(C)CC3)n1. The number of aryl methyl sites for hydroxylation is 1. The van der Waals surface area contributed by atoms with Crippen molar-refractivity contribution < 1.29 is 14.1 Å². The summed E-state index contributed by atoms with van der Waals surface area (Å²) in [7, 11) is 0. The molecule has 0 bridgehead atoms. The smallest absolute Gasteiger partial charge is 0.233 e. The first-order valence-corrected chi connectivity index (χ1v) is 15.0. The molecule has 7 rings (SSSR count). The molecule has 0 unspecified atom stereocenters. The molecule has 4 saturated carbocycles. The molecule has 6 aliphatic carbocycles. The van der Waals surface area contributed by atoms with E-state index in [0.29, 0.717) is 11.2 Å². The van der Waals surface area contributed by atoms with Crippen LogP contribution in [0.4, 0.5) is 0 Å². The highest BCUT2D eigenvalue weighted by atomic mass is 16.5. The standard InChI is InChI=1S/C33H41N3O3/c1-19-35-27(39-36-19)33-13-9-31(6)25(21(33)17-32(10-11-32)12-14-33)22(37)15-24-29(4)16-20(18-34)26(38)28(2,3)23(29)7-8-30(24,31)5/h15-16,21,23,25H,7-14,17H2,1-6H3/t21-,23-,25-,29-,30+,31+,33+/m0/s1. The minimum absolute atomic E-state index is 0.0582. The highest BCUT2D eigenvalue weighted by Gasteiger charge is 2.71. The largest absolute Gasteiger partial charge is 0.339 e. The molecule has 1 heterocycles. The molecular weight excluding hydrogens is 486 g/mol. The first-order valence-electron chi connectivity index (χ1n) is 15.0. The number of carbonyl (C=O) groups is 2. The number of hydrogen-bond acceptors (Lipinski definition) is 6. The molecule has 6 aliphatic rings. The zero-order valence-corrected chi connectivity index (χ0v) is 24.3. The zero-order chi connectivity index (χ0) is 27.8. The Kier molecular flexibility index (Phi) is 4.82. The molecule has 0 amide bonds. The summed E-state index contributed by atoms with van der Waals surface area (Å²) in [4.78, 5) is 32.7. The number of allylic oxidation sites excluding steroid dienone is 4. The second-order valence-electron chi connectivity index (χ2n) is 15.4. The van der Waals surface area contributed by atoms with Crippen LogP contribution in [-0.2, 0) is 15.0 Å². The average molecular weight is 528 g/mol. The van der Waals surface area contributed by atoms with Crippen LogP contribution in [0.1, 0.15) is 104 Å². The van der Waals surface area contributed by atoms with Crippen molar-refractivity contribution in [2.75, 3.05) is 0 Å². The first-order chi connectivity index (χ1) is 18.3. The third kappa shape index (κ3) is 2.93. The van der Waals surface area contributed by atoms with Crippen molar-refractivity contribution in [1.82, 2.24) is 10.1 Å². The predicted molar refractivity (Wildman–Crippen MR) is 145 cm³/mol. The molecule has 0 aromatic carbocycles. The van der Waals surface area contributed by atoms with E-state index in [-0.39, 0.29) is 51.1 Å². The lowest BCUT2D eigenvalue weighted by molar-refractivity contribution is -0.159. The van der Waals surface area contributed by atoms with Crippen LogP contribution in [0.2, 0.25) is 0 Å². The fourth-order valence-corrected chi connectivity index (χ4v) is 10.9. The number of fused-ring (bicyclic) bond motifs is 7. The van der Waals surface area contributed by atoms with E-state index in [1.165, 1.54) is 19.3 Å². The van der Waals surface area contributed by atoms with Gasteiger partial charge in [0.1, 0.15) is 6.07 Å². The first kappa shape index (κ1) is 25.4. The summed E-state index contributed by atoms with van der Waals surface area (Å²) in [6.07, 6.45) is 13.5. The van der Waals surface area contributed by atoms with Crippen LogP contribution < -0.4 is 0 Å². The van der Waals surface area contributed by atoms with Gasteiger partial charge in [0.15, 0.2) is 17.4 Å².